The van der Waals surface area contributed by atoms with Gasteiger partial charge in [0.1, 0.15) is 11.5 Å². The number of carbonyl (C=O) groups is 1. The predicted octanol–water partition coefficient (Wildman–Crippen LogP) is 5.40. The van der Waals surface area contributed by atoms with Crippen LogP contribution >= 0.6 is 23.4 Å². The molecule has 4 rings (SSSR count). The zero-order valence-electron chi connectivity index (χ0n) is 14.7. The molecule has 0 radical (unpaired) electrons. The van der Waals surface area contributed by atoms with Crippen molar-refractivity contribution in [3.05, 3.63) is 86.5 Å². The van der Waals surface area contributed by atoms with Crippen molar-refractivity contribution < 1.29 is 14.1 Å². The van der Waals surface area contributed by atoms with Gasteiger partial charge in [0.25, 0.3) is 11.6 Å². The fourth-order valence-electron chi connectivity index (χ4n) is 2.66. The van der Waals surface area contributed by atoms with Crippen molar-refractivity contribution >= 4 is 51.9 Å². The number of furan rings is 1. The highest BCUT2D eigenvalue weighted by molar-refractivity contribution is 8.18. The zero-order valence-corrected chi connectivity index (χ0v) is 16.2. The highest BCUT2D eigenvalue weighted by Crippen LogP contribution is 2.33. The minimum atomic E-state index is -0.463. The second-order valence-corrected chi connectivity index (χ2v) is 7.40. The van der Waals surface area contributed by atoms with Crippen molar-refractivity contribution in [3.8, 4) is 11.3 Å². The number of amidine groups is 1. The van der Waals surface area contributed by atoms with Crippen LogP contribution in [0.4, 0.5) is 11.4 Å². The quantitative estimate of drug-likeness (QED) is 0.343. The Kier molecular flexibility index (Phi) is 5.20. The largest absolute Gasteiger partial charge is 0.456 e. The molecule has 2 heterocycles. The summed E-state index contributed by atoms with van der Waals surface area (Å²) in [5, 5.41) is 14.9. The number of hydrogen-bond donors (Lipinski definition) is 1. The molecule has 1 aliphatic rings. The fourth-order valence-corrected chi connectivity index (χ4v) is 3.61. The van der Waals surface area contributed by atoms with Gasteiger partial charge >= 0.3 is 0 Å². The van der Waals surface area contributed by atoms with Crippen molar-refractivity contribution in [2.24, 2.45) is 4.99 Å². The first kappa shape index (κ1) is 19.0. The van der Waals surface area contributed by atoms with Gasteiger partial charge in [-0.15, -0.1) is 0 Å². The monoisotopic (exact) mass is 425 g/mol. The molecule has 7 nitrogen and oxygen atoms in total. The van der Waals surface area contributed by atoms with Crippen molar-refractivity contribution in [1.29, 1.82) is 0 Å². The predicted molar refractivity (Wildman–Crippen MR) is 113 cm³/mol. The lowest BCUT2D eigenvalue weighted by atomic mass is 10.1. The highest BCUT2D eigenvalue weighted by atomic mass is 35.5. The number of carbonyl (C=O) groups excluding carboxylic acids is 1. The van der Waals surface area contributed by atoms with Gasteiger partial charge in [-0.1, -0.05) is 23.7 Å². The third kappa shape index (κ3) is 4.23. The first-order chi connectivity index (χ1) is 14.0. The van der Waals surface area contributed by atoms with Crippen molar-refractivity contribution in [3.63, 3.8) is 0 Å². The minimum absolute atomic E-state index is 0.0496. The van der Waals surface area contributed by atoms with E-state index < -0.39 is 4.92 Å². The Bertz CT molecular complexity index is 1170. The summed E-state index contributed by atoms with van der Waals surface area (Å²) in [6.07, 6.45) is 1.57. The van der Waals surface area contributed by atoms with Gasteiger partial charge in [0.2, 0.25) is 0 Å². The van der Waals surface area contributed by atoms with Crippen LogP contribution in [0.15, 0.2) is 75.0 Å². The molecule has 3 aromatic rings. The third-order valence-corrected chi connectivity index (χ3v) is 5.14. The van der Waals surface area contributed by atoms with E-state index in [0.29, 0.717) is 37.9 Å². The van der Waals surface area contributed by atoms with Crippen LogP contribution < -0.4 is 5.32 Å². The van der Waals surface area contributed by atoms with Crippen molar-refractivity contribution in [2.45, 2.75) is 0 Å². The number of benzene rings is 2. The maximum atomic E-state index is 12.2. The van der Waals surface area contributed by atoms with Crippen LogP contribution in [-0.2, 0) is 4.79 Å². The Hall–Kier alpha value is -3.36. The lowest BCUT2D eigenvalue weighted by Gasteiger charge is -1.98. The maximum Gasteiger partial charge on any atom is 0.280 e. The van der Waals surface area contributed by atoms with E-state index in [1.54, 1.807) is 60.7 Å². The lowest BCUT2D eigenvalue weighted by Crippen LogP contribution is -2.19. The van der Waals surface area contributed by atoms with E-state index in [2.05, 4.69) is 10.3 Å². The zero-order chi connectivity index (χ0) is 20.4. The van der Waals surface area contributed by atoms with E-state index in [1.165, 1.54) is 17.8 Å². The van der Waals surface area contributed by atoms with E-state index in [0.717, 1.165) is 0 Å². The standard InChI is InChI=1S/C20H12ClN3O4S/c21-12-5-7-13(8-6-12)22-20-23-19(25)18(29-20)11-14-9-10-17(28-14)15-3-1-2-4-16(15)24(26)27/h1-11H,(H,22,23,25)/b18-11-. The molecule has 1 aliphatic heterocycles. The van der Waals surface area contributed by atoms with Crippen LogP contribution in [0.5, 0.6) is 0 Å². The average molecular weight is 426 g/mol. The normalized spacial score (nSPS) is 16.4. The highest BCUT2D eigenvalue weighted by Gasteiger charge is 2.24. The van der Waals surface area contributed by atoms with Gasteiger partial charge in [0, 0.05) is 17.2 Å². The van der Waals surface area contributed by atoms with Gasteiger partial charge in [-0.2, -0.15) is 0 Å². The molecule has 0 spiro atoms. The Labute approximate surface area is 174 Å². The van der Waals surface area contributed by atoms with Crippen LogP contribution in [0.2, 0.25) is 5.02 Å². The van der Waals surface area contributed by atoms with Gasteiger partial charge in [-0.3, -0.25) is 14.9 Å². The number of amides is 1. The number of nitro groups is 1. The first-order valence-electron chi connectivity index (χ1n) is 8.38. The van der Waals surface area contributed by atoms with Gasteiger partial charge < -0.3 is 9.73 Å². The third-order valence-electron chi connectivity index (χ3n) is 3.97. The number of nitro benzene ring substituents is 1. The van der Waals surface area contributed by atoms with Gasteiger partial charge in [0.05, 0.1) is 21.1 Å². The summed E-state index contributed by atoms with van der Waals surface area (Å²) in [5.74, 6) is 0.456. The molecule has 0 saturated carbocycles. The van der Waals surface area contributed by atoms with Crippen LogP contribution in [0.3, 0.4) is 0 Å². The second kappa shape index (κ2) is 7.94. The van der Waals surface area contributed by atoms with Crippen LogP contribution in [0.25, 0.3) is 17.4 Å². The first-order valence-corrected chi connectivity index (χ1v) is 9.58. The smallest absolute Gasteiger partial charge is 0.280 e. The average Bonchev–Trinajstić information content (AvgIpc) is 3.30. The molecule has 29 heavy (non-hydrogen) atoms. The summed E-state index contributed by atoms with van der Waals surface area (Å²) in [6, 6.07) is 16.5. The van der Waals surface area contributed by atoms with E-state index in [9.17, 15) is 14.9 Å². The molecule has 1 amide bonds. The molecular formula is C20H12ClN3O4S. The van der Waals surface area contributed by atoms with Crippen LogP contribution in [0, 0.1) is 10.1 Å². The van der Waals surface area contributed by atoms with Gasteiger partial charge in [-0.05, 0) is 54.2 Å². The molecule has 0 atom stereocenters. The molecule has 0 unspecified atom stereocenters. The van der Waals surface area contributed by atoms with E-state index in [-0.39, 0.29) is 11.6 Å². The number of para-hydroxylation sites is 1. The summed E-state index contributed by atoms with van der Waals surface area (Å²) in [7, 11) is 0. The molecule has 0 aliphatic carbocycles. The number of nitrogens with one attached hydrogen (secondary N) is 1. The number of halogens is 1. The summed E-state index contributed by atoms with van der Waals surface area (Å²) in [5.41, 5.74) is 0.984. The Balaban J connectivity index is 1.57. The molecule has 144 valence electrons. The Morgan fingerprint density at radius 2 is 1.86 bits per heavy atom. The maximum absolute atomic E-state index is 12.2. The van der Waals surface area contributed by atoms with E-state index in [4.69, 9.17) is 16.0 Å². The van der Waals surface area contributed by atoms with Gasteiger partial charge in [-0.25, -0.2) is 4.99 Å². The van der Waals surface area contributed by atoms with Crippen molar-refractivity contribution in [1.82, 2.24) is 5.32 Å². The Morgan fingerprint density at radius 3 is 2.62 bits per heavy atom. The summed E-state index contributed by atoms with van der Waals surface area (Å²) in [6.45, 7) is 0. The summed E-state index contributed by atoms with van der Waals surface area (Å²) >= 11 is 7.03. The number of aliphatic imine (C=N–C) groups is 1. The molecule has 1 fully saturated rings. The van der Waals surface area contributed by atoms with Crippen molar-refractivity contribution in [2.75, 3.05) is 0 Å². The second-order valence-electron chi connectivity index (χ2n) is 5.93. The van der Waals surface area contributed by atoms with Crippen LogP contribution in [-0.4, -0.2) is 16.0 Å². The molecule has 1 aromatic heterocycles. The van der Waals surface area contributed by atoms with E-state index in [1.807, 2.05) is 0 Å². The minimum Gasteiger partial charge on any atom is -0.456 e. The summed E-state index contributed by atoms with van der Waals surface area (Å²) < 4.78 is 5.71. The fraction of sp³-hybridized carbons (Fsp3) is 0. The van der Waals surface area contributed by atoms with Crippen LogP contribution in [0.1, 0.15) is 5.76 Å². The lowest BCUT2D eigenvalue weighted by molar-refractivity contribution is -0.384. The number of thioether (sulfide) groups is 1. The number of rotatable bonds is 4. The molecule has 1 saturated heterocycles. The molecule has 9 heteroatoms. The molecule has 2 aromatic carbocycles. The molecular weight excluding hydrogens is 414 g/mol. The topological polar surface area (TPSA) is 97.7 Å². The number of nitrogens with zero attached hydrogens (tertiary/aromatic N) is 2. The van der Waals surface area contributed by atoms with Gasteiger partial charge in [0.15, 0.2) is 5.17 Å². The summed E-state index contributed by atoms with van der Waals surface area (Å²) in [4.78, 5) is 27.7. The molecule has 1 N–H and O–H groups in total. The molecule has 0 bridgehead atoms. The van der Waals surface area contributed by atoms with E-state index >= 15 is 0 Å². The Morgan fingerprint density at radius 1 is 1.10 bits per heavy atom. The SMILES string of the molecule is O=C1NC(=Nc2ccc(Cl)cc2)S/C1=C\c1ccc(-c2ccccc2[N+](=O)[O-])o1. The number of hydrogen-bond acceptors (Lipinski definition) is 6.